The molecule has 0 amide bonds. The maximum atomic E-state index is 10.4. The number of aliphatic hydroxyl groups is 1. The number of hydrogen-bond donors (Lipinski definition) is 3. The third-order valence-electron chi connectivity index (χ3n) is 4.94. The Morgan fingerprint density at radius 2 is 2.04 bits per heavy atom. The molecule has 3 rings (SSSR count). The Labute approximate surface area is 176 Å². The lowest BCUT2D eigenvalue weighted by Crippen LogP contribution is -2.48. The van der Waals surface area contributed by atoms with Gasteiger partial charge in [0.25, 0.3) is 0 Å². The van der Waals surface area contributed by atoms with E-state index in [2.05, 4.69) is 44.3 Å². The zero-order valence-electron chi connectivity index (χ0n) is 16.3. The molecule has 1 atom stereocenters. The number of thiophene rings is 1. The van der Waals surface area contributed by atoms with Gasteiger partial charge in [0.2, 0.25) is 0 Å². The standard InChI is InChI=1S/C21H29ClN4OS/c1-2-23-21(24-13-20(27)17-3-5-18(22)6-4-17)25-19-7-10-26(11-8-19)14-16-9-12-28-15-16/h3-6,9,12,15,19-20,27H,2,7-8,10-11,13-14H2,1H3,(H2,23,24,25). The van der Waals surface area contributed by atoms with E-state index in [1.54, 1.807) is 23.5 Å². The second-order valence-corrected chi connectivity index (χ2v) is 8.33. The molecule has 2 heterocycles. The molecule has 5 nitrogen and oxygen atoms in total. The number of aliphatic imine (C=N–C) groups is 1. The van der Waals surface area contributed by atoms with Crippen molar-refractivity contribution in [3.8, 4) is 0 Å². The molecule has 7 heteroatoms. The predicted octanol–water partition coefficient (Wildman–Crippen LogP) is 3.65. The van der Waals surface area contributed by atoms with Crippen LogP contribution in [0.3, 0.4) is 0 Å². The van der Waals surface area contributed by atoms with Crippen LogP contribution >= 0.6 is 22.9 Å². The summed E-state index contributed by atoms with van der Waals surface area (Å²) in [5.74, 6) is 0.770. The molecule has 1 unspecified atom stereocenters. The Hall–Kier alpha value is -1.60. The molecule has 0 radical (unpaired) electrons. The number of benzene rings is 1. The van der Waals surface area contributed by atoms with E-state index in [9.17, 15) is 5.11 Å². The molecular weight excluding hydrogens is 392 g/mol. The van der Waals surface area contributed by atoms with Crippen LogP contribution < -0.4 is 10.6 Å². The van der Waals surface area contributed by atoms with E-state index in [0.717, 1.165) is 50.5 Å². The lowest BCUT2D eigenvalue weighted by atomic mass is 10.0. The summed E-state index contributed by atoms with van der Waals surface area (Å²) in [6.45, 7) is 6.36. The summed E-state index contributed by atoms with van der Waals surface area (Å²) in [5.41, 5.74) is 2.23. The molecule has 28 heavy (non-hydrogen) atoms. The lowest BCUT2D eigenvalue weighted by molar-refractivity contribution is 0.186. The Morgan fingerprint density at radius 3 is 2.68 bits per heavy atom. The van der Waals surface area contributed by atoms with Crippen molar-refractivity contribution in [1.82, 2.24) is 15.5 Å². The van der Waals surface area contributed by atoms with Crippen LogP contribution in [0.5, 0.6) is 0 Å². The number of nitrogens with one attached hydrogen (secondary N) is 2. The maximum absolute atomic E-state index is 10.4. The minimum Gasteiger partial charge on any atom is -0.386 e. The van der Waals surface area contributed by atoms with Crippen molar-refractivity contribution in [1.29, 1.82) is 0 Å². The molecule has 1 aromatic heterocycles. The Kier molecular flexibility index (Phi) is 8.15. The van der Waals surface area contributed by atoms with E-state index < -0.39 is 6.10 Å². The quantitative estimate of drug-likeness (QED) is 0.472. The number of nitrogens with zero attached hydrogens (tertiary/aromatic N) is 2. The van der Waals surface area contributed by atoms with Crippen molar-refractivity contribution in [2.24, 2.45) is 4.99 Å². The zero-order chi connectivity index (χ0) is 19.8. The first-order chi connectivity index (χ1) is 13.6. The van der Waals surface area contributed by atoms with E-state index in [1.165, 1.54) is 5.56 Å². The number of hydrogen-bond acceptors (Lipinski definition) is 4. The molecule has 0 spiro atoms. The third kappa shape index (κ3) is 6.48. The highest BCUT2D eigenvalue weighted by molar-refractivity contribution is 7.07. The number of rotatable bonds is 7. The molecule has 0 aliphatic carbocycles. The monoisotopic (exact) mass is 420 g/mol. The first-order valence-electron chi connectivity index (χ1n) is 9.86. The van der Waals surface area contributed by atoms with Crippen LogP contribution in [0.2, 0.25) is 5.02 Å². The lowest BCUT2D eigenvalue weighted by Gasteiger charge is -2.33. The smallest absolute Gasteiger partial charge is 0.191 e. The van der Waals surface area contributed by atoms with Gasteiger partial charge in [0.15, 0.2) is 5.96 Å². The molecule has 1 aliphatic heterocycles. The molecule has 1 aromatic carbocycles. The summed E-state index contributed by atoms with van der Waals surface area (Å²) in [6.07, 6.45) is 1.54. The van der Waals surface area contributed by atoms with Gasteiger partial charge in [0.05, 0.1) is 12.6 Å². The highest BCUT2D eigenvalue weighted by Gasteiger charge is 2.20. The summed E-state index contributed by atoms with van der Waals surface area (Å²) in [6, 6.07) is 9.87. The van der Waals surface area contributed by atoms with Crippen molar-refractivity contribution in [3.05, 3.63) is 57.2 Å². The minimum atomic E-state index is -0.639. The first kappa shape index (κ1) is 21.1. The highest BCUT2D eigenvalue weighted by Crippen LogP contribution is 2.17. The number of guanidine groups is 1. The van der Waals surface area contributed by atoms with Crippen molar-refractivity contribution in [2.75, 3.05) is 26.2 Å². The largest absolute Gasteiger partial charge is 0.386 e. The van der Waals surface area contributed by atoms with Gasteiger partial charge in [-0.2, -0.15) is 11.3 Å². The average molecular weight is 421 g/mol. The van der Waals surface area contributed by atoms with Gasteiger partial charge < -0.3 is 15.7 Å². The van der Waals surface area contributed by atoms with Gasteiger partial charge in [-0.3, -0.25) is 9.89 Å². The summed E-state index contributed by atoms with van der Waals surface area (Å²) in [5, 5.41) is 22.2. The second-order valence-electron chi connectivity index (χ2n) is 7.11. The van der Waals surface area contributed by atoms with Crippen molar-refractivity contribution < 1.29 is 5.11 Å². The van der Waals surface area contributed by atoms with Crippen molar-refractivity contribution >= 4 is 28.9 Å². The highest BCUT2D eigenvalue weighted by atomic mass is 35.5. The first-order valence-corrected chi connectivity index (χ1v) is 11.2. The van der Waals surface area contributed by atoms with E-state index in [0.29, 0.717) is 17.6 Å². The van der Waals surface area contributed by atoms with Crippen molar-refractivity contribution in [3.63, 3.8) is 0 Å². The fourth-order valence-corrected chi connectivity index (χ4v) is 4.14. The van der Waals surface area contributed by atoms with Crippen LogP contribution in [0.25, 0.3) is 0 Å². The summed E-state index contributed by atoms with van der Waals surface area (Å²) in [4.78, 5) is 7.09. The van der Waals surface area contributed by atoms with E-state index in [-0.39, 0.29) is 0 Å². The molecule has 3 N–H and O–H groups in total. The van der Waals surface area contributed by atoms with E-state index in [4.69, 9.17) is 11.6 Å². The average Bonchev–Trinajstić information content (AvgIpc) is 3.21. The molecule has 0 bridgehead atoms. The molecule has 0 saturated carbocycles. The predicted molar refractivity (Wildman–Crippen MR) is 118 cm³/mol. The molecule has 1 aliphatic rings. The van der Waals surface area contributed by atoms with Gasteiger partial charge >= 0.3 is 0 Å². The Balaban J connectivity index is 1.48. The number of likely N-dealkylation sites (tertiary alicyclic amines) is 1. The molecule has 1 fully saturated rings. The van der Waals surface area contributed by atoms with Gasteiger partial charge in [-0.15, -0.1) is 0 Å². The van der Waals surface area contributed by atoms with Gasteiger partial charge in [0.1, 0.15) is 0 Å². The molecular formula is C21H29ClN4OS. The van der Waals surface area contributed by atoms with Gasteiger partial charge in [-0.05, 0) is 59.9 Å². The van der Waals surface area contributed by atoms with E-state index in [1.807, 2.05) is 12.1 Å². The third-order valence-corrected chi connectivity index (χ3v) is 5.92. The van der Waals surface area contributed by atoms with Crippen LogP contribution in [0.15, 0.2) is 46.1 Å². The fourth-order valence-electron chi connectivity index (χ4n) is 3.36. The SMILES string of the molecule is CCNC(=NCC(O)c1ccc(Cl)cc1)NC1CCN(Cc2ccsc2)CC1. The maximum Gasteiger partial charge on any atom is 0.191 e. The summed E-state index contributed by atoms with van der Waals surface area (Å²) >= 11 is 7.67. The summed E-state index contributed by atoms with van der Waals surface area (Å²) in [7, 11) is 0. The van der Waals surface area contributed by atoms with Gasteiger partial charge in [-0.25, -0.2) is 0 Å². The number of halogens is 1. The van der Waals surface area contributed by atoms with E-state index >= 15 is 0 Å². The Bertz CT molecular complexity index is 727. The van der Waals surface area contributed by atoms with Gasteiger partial charge in [-0.1, -0.05) is 23.7 Å². The van der Waals surface area contributed by atoms with Crippen LogP contribution in [0.4, 0.5) is 0 Å². The summed E-state index contributed by atoms with van der Waals surface area (Å²) < 4.78 is 0. The van der Waals surface area contributed by atoms with Crippen LogP contribution in [0.1, 0.15) is 37.0 Å². The molecule has 2 aromatic rings. The minimum absolute atomic E-state index is 0.313. The second kappa shape index (κ2) is 10.8. The van der Waals surface area contributed by atoms with Crippen molar-refractivity contribution in [2.45, 2.75) is 38.5 Å². The molecule has 152 valence electrons. The van der Waals surface area contributed by atoms with Crippen LogP contribution in [-0.2, 0) is 6.54 Å². The normalized spacial score (nSPS) is 17.5. The fraction of sp³-hybridized carbons (Fsp3) is 0.476. The van der Waals surface area contributed by atoms with Crippen LogP contribution in [-0.4, -0.2) is 48.2 Å². The van der Waals surface area contributed by atoms with Gasteiger partial charge in [0, 0.05) is 37.2 Å². The Morgan fingerprint density at radius 1 is 1.29 bits per heavy atom. The van der Waals surface area contributed by atoms with Crippen LogP contribution in [0, 0.1) is 0 Å². The zero-order valence-corrected chi connectivity index (χ0v) is 17.8. The number of aliphatic hydroxyl groups excluding tert-OH is 1. The molecule has 1 saturated heterocycles. The number of piperidine rings is 1. The topological polar surface area (TPSA) is 59.9 Å².